The second-order valence-corrected chi connectivity index (χ2v) is 9.37. The molecule has 1 heterocycles. The Morgan fingerprint density at radius 3 is 2.34 bits per heavy atom. The average molecular weight is 424 g/mol. The van der Waals surface area contributed by atoms with Crippen LogP contribution in [-0.4, -0.2) is 36.1 Å². The van der Waals surface area contributed by atoms with Crippen LogP contribution in [0.2, 0.25) is 0 Å². The molecule has 11 heteroatoms. The Balaban J connectivity index is 2.44. The standard InChI is InChI=1S/C18H24N4O6S/c1-11(2)14-10-13(19-21(14)18(3,4)5)17(23)20-29(26,27)16-8-7-12(28-6)9-15(16)22(24)25/h7-11H,1-6H3,(H,20,23). The maximum Gasteiger partial charge on any atom is 0.293 e. The minimum absolute atomic E-state index is 0.0440. The van der Waals surface area contributed by atoms with Gasteiger partial charge in [0.1, 0.15) is 5.75 Å². The Kier molecular flexibility index (Phi) is 6.02. The Morgan fingerprint density at radius 2 is 1.90 bits per heavy atom. The first-order valence-electron chi connectivity index (χ1n) is 8.78. The van der Waals surface area contributed by atoms with E-state index in [1.165, 1.54) is 19.2 Å². The third-order valence-electron chi connectivity index (χ3n) is 4.08. The summed E-state index contributed by atoms with van der Waals surface area (Å²) in [6.45, 7) is 9.58. The molecule has 0 aliphatic heterocycles. The summed E-state index contributed by atoms with van der Waals surface area (Å²) in [4.78, 5) is 22.4. The summed E-state index contributed by atoms with van der Waals surface area (Å²) in [6.07, 6.45) is 0. The van der Waals surface area contributed by atoms with Gasteiger partial charge in [0.25, 0.3) is 21.6 Å². The van der Waals surface area contributed by atoms with E-state index >= 15 is 0 Å². The fourth-order valence-corrected chi connectivity index (χ4v) is 3.79. The van der Waals surface area contributed by atoms with Gasteiger partial charge < -0.3 is 4.74 Å². The normalized spacial score (nSPS) is 12.1. The predicted octanol–water partition coefficient (Wildman–Crippen LogP) is 2.80. The van der Waals surface area contributed by atoms with Gasteiger partial charge in [-0.1, -0.05) is 13.8 Å². The molecule has 0 saturated carbocycles. The molecule has 1 amide bonds. The van der Waals surface area contributed by atoms with Crippen LogP contribution >= 0.6 is 0 Å². The van der Waals surface area contributed by atoms with E-state index in [0.29, 0.717) is 0 Å². The highest BCUT2D eigenvalue weighted by molar-refractivity contribution is 7.90. The third-order valence-corrected chi connectivity index (χ3v) is 5.45. The Morgan fingerprint density at radius 1 is 1.28 bits per heavy atom. The number of nitrogens with zero attached hydrogens (tertiary/aromatic N) is 3. The molecule has 0 aliphatic carbocycles. The zero-order valence-corrected chi connectivity index (χ0v) is 17.9. The first kappa shape index (κ1) is 22.3. The predicted molar refractivity (Wildman–Crippen MR) is 106 cm³/mol. The third kappa shape index (κ3) is 4.73. The minimum atomic E-state index is -4.51. The van der Waals surface area contributed by atoms with E-state index in [2.05, 4.69) is 5.10 Å². The van der Waals surface area contributed by atoms with Crippen molar-refractivity contribution < 1.29 is 22.9 Å². The van der Waals surface area contributed by atoms with Crippen molar-refractivity contribution >= 4 is 21.6 Å². The fourth-order valence-electron chi connectivity index (χ4n) is 2.68. The molecule has 0 fully saturated rings. The van der Waals surface area contributed by atoms with Gasteiger partial charge in [0.2, 0.25) is 0 Å². The van der Waals surface area contributed by atoms with Gasteiger partial charge in [0.15, 0.2) is 10.6 Å². The van der Waals surface area contributed by atoms with Gasteiger partial charge in [-0.05, 0) is 44.9 Å². The second kappa shape index (κ2) is 7.82. The quantitative estimate of drug-likeness (QED) is 0.557. The molecular formula is C18H24N4O6S. The molecule has 0 atom stereocenters. The highest BCUT2D eigenvalue weighted by Crippen LogP contribution is 2.29. The summed E-state index contributed by atoms with van der Waals surface area (Å²) in [7, 11) is -3.22. The van der Waals surface area contributed by atoms with E-state index < -0.39 is 37.0 Å². The molecule has 2 rings (SSSR count). The molecule has 29 heavy (non-hydrogen) atoms. The molecule has 0 bridgehead atoms. The molecule has 1 aromatic carbocycles. The van der Waals surface area contributed by atoms with Crippen LogP contribution < -0.4 is 9.46 Å². The van der Waals surface area contributed by atoms with E-state index in [9.17, 15) is 23.3 Å². The molecular weight excluding hydrogens is 400 g/mol. The lowest BCUT2D eigenvalue weighted by molar-refractivity contribution is -0.387. The zero-order valence-electron chi connectivity index (χ0n) is 17.1. The fraction of sp³-hybridized carbons (Fsp3) is 0.444. The number of benzene rings is 1. The van der Waals surface area contributed by atoms with E-state index in [4.69, 9.17) is 4.74 Å². The number of nitro benzene ring substituents is 1. The molecule has 0 spiro atoms. The number of methoxy groups -OCH3 is 1. The highest BCUT2D eigenvalue weighted by atomic mass is 32.2. The van der Waals surface area contributed by atoms with E-state index in [-0.39, 0.29) is 17.4 Å². The number of sulfonamides is 1. The van der Waals surface area contributed by atoms with Crippen molar-refractivity contribution in [2.24, 2.45) is 0 Å². The molecule has 10 nitrogen and oxygen atoms in total. The second-order valence-electron chi connectivity index (χ2n) is 7.72. The van der Waals surface area contributed by atoms with Gasteiger partial charge in [0.05, 0.1) is 23.6 Å². The number of carbonyl (C=O) groups is 1. The van der Waals surface area contributed by atoms with E-state index in [0.717, 1.165) is 17.8 Å². The lowest BCUT2D eigenvalue weighted by Crippen LogP contribution is -2.32. The number of aromatic nitrogens is 2. The summed E-state index contributed by atoms with van der Waals surface area (Å²) in [6, 6.07) is 4.77. The van der Waals surface area contributed by atoms with Crippen LogP contribution in [0.1, 0.15) is 56.7 Å². The molecule has 1 aromatic heterocycles. The van der Waals surface area contributed by atoms with Crippen LogP contribution in [0.15, 0.2) is 29.2 Å². The van der Waals surface area contributed by atoms with Crippen molar-refractivity contribution in [2.45, 2.75) is 51.0 Å². The van der Waals surface area contributed by atoms with Crippen molar-refractivity contribution in [3.63, 3.8) is 0 Å². The number of nitrogens with one attached hydrogen (secondary N) is 1. The van der Waals surface area contributed by atoms with Crippen LogP contribution in [-0.2, 0) is 15.6 Å². The number of ether oxygens (including phenoxy) is 1. The number of rotatable bonds is 6. The molecule has 0 radical (unpaired) electrons. The first-order valence-corrected chi connectivity index (χ1v) is 10.3. The molecule has 0 unspecified atom stereocenters. The summed E-state index contributed by atoms with van der Waals surface area (Å²) in [5.74, 6) is -0.810. The van der Waals surface area contributed by atoms with Crippen molar-refractivity contribution in [1.29, 1.82) is 0 Å². The van der Waals surface area contributed by atoms with Crippen LogP contribution in [0, 0.1) is 10.1 Å². The lowest BCUT2D eigenvalue weighted by atomic mass is 10.1. The number of amides is 1. The minimum Gasteiger partial charge on any atom is -0.497 e. The van der Waals surface area contributed by atoms with Crippen LogP contribution in [0.25, 0.3) is 0 Å². The number of hydrogen-bond acceptors (Lipinski definition) is 7. The van der Waals surface area contributed by atoms with Crippen LogP contribution in [0.4, 0.5) is 5.69 Å². The van der Waals surface area contributed by atoms with E-state index in [1.807, 2.05) is 39.3 Å². The maximum absolute atomic E-state index is 12.7. The Bertz CT molecular complexity index is 1050. The van der Waals surface area contributed by atoms with Crippen molar-refractivity contribution in [3.05, 3.63) is 45.8 Å². The van der Waals surface area contributed by atoms with Crippen molar-refractivity contribution in [3.8, 4) is 5.75 Å². The van der Waals surface area contributed by atoms with Crippen LogP contribution in [0.5, 0.6) is 5.75 Å². The van der Waals surface area contributed by atoms with Gasteiger partial charge in [-0.3, -0.25) is 19.6 Å². The Labute approximate surface area is 169 Å². The van der Waals surface area contributed by atoms with Crippen molar-refractivity contribution in [1.82, 2.24) is 14.5 Å². The average Bonchev–Trinajstić information content (AvgIpc) is 3.07. The molecule has 0 saturated heterocycles. The van der Waals surface area contributed by atoms with Crippen molar-refractivity contribution in [2.75, 3.05) is 7.11 Å². The molecule has 2 aromatic rings. The highest BCUT2D eigenvalue weighted by Gasteiger charge is 2.30. The SMILES string of the molecule is COc1ccc(S(=O)(=O)NC(=O)c2cc(C(C)C)n(C(C)(C)C)n2)c([N+](=O)[O-])c1. The molecule has 1 N–H and O–H groups in total. The largest absolute Gasteiger partial charge is 0.497 e. The molecule has 158 valence electrons. The topological polar surface area (TPSA) is 133 Å². The Hall–Kier alpha value is -2.95. The summed E-state index contributed by atoms with van der Waals surface area (Å²) in [5.41, 5.74) is -0.460. The lowest BCUT2D eigenvalue weighted by Gasteiger charge is -2.23. The summed E-state index contributed by atoms with van der Waals surface area (Å²) in [5, 5.41) is 15.5. The zero-order chi connectivity index (χ0) is 22.1. The number of nitro groups is 1. The first-order chi connectivity index (χ1) is 13.3. The number of hydrogen-bond donors (Lipinski definition) is 1. The van der Waals surface area contributed by atoms with Gasteiger partial charge in [-0.2, -0.15) is 5.10 Å². The van der Waals surface area contributed by atoms with Gasteiger partial charge in [-0.15, -0.1) is 0 Å². The van der Waals surface area contributed by atoms with E-state index in [1.54, 1.807) is 4.68 Å². The van der Waals surface area contributed by atoms with Gasteiger partial charge >= 0.3 is 0 Å². The summed E-state index contributed by atoms with van der Waals surface area (Å²) < 4.78 is 33.7. The maximum atomic E-state index is 12.7. The summed E-state index contributed by atoms with van der Waals surface area (Å²) >= 11 is 0. The monoisotopic (exact) mass is 424 g/mol. The number of carbonyl (C=O) groups excluding carboxylic acids is 1. The van der Waals surface area contributed by atoms with Gasteiger partial charge in [0, 0.05) is 5.69 Å². The molecule has 0 aliphatic rings. The van der Waals surface area contributed by atoms with Gasteiger partial charge in [-0.25, -0.2) is 13.1 Å². The van der Waals surface area contributed by atoms with Crippen LogP contribution in [0.3, 0.4) is 0 Å². The smallest absolute Gasteiger partial charge is 0.293 e.